The molecular formula is C15H22N2O5. The van der Waals surface area contributed by atoms with E-state index in [9.17, 15) is 14.9 Å². The number of hydrogen-bond acceptors (Lipinski definition) is 6. The van der Waals surface area contributed by atoms with E-state index in [4.69, 9.17) is 9.47 Å². The molecule has 1 aromatic rings. The van der Waals surface area contributed by atoms with Gasteiger partial charge in [0.05, 0.1) is 18.1 Å². The van der Waals surface area contributed by atoms with Gasteiger partial charge in [-0.3, -0.25) is 14.9 Å². The molecule has 0 heterocycles. The van der Waals surface area contributed by atoms with Gasteiger partial charge in [0.1, 0.15) is 6.04 Å². The fourth-order valence-electron chi connectivity index (χ4n) is 2.07. The fraction of sp³-hybridized carbons (Fsp3) is 0.533. The van der Waals surface area contributed by atoms with Crippen molar-refractivity contribution in [3.05, 3.63) is 33.9 Å². The summed E-state index contributed by atoms with van der Waals surface area (Å²) < 4.78 is 10.3. The third kappa shape index (κ3) is 5.00. The Morgan fingerprint density at radius 3 is 2.59 bits per heavy atom. The molecule has 1 atom stereocenters. The van der Waals surface area contributed by atoms with Crippen molar-refractivity contribution in [3.63, 3.8) is 0 Å². The Morgan fingerprint density at radius 1 is 1.32 bits per heavy atom. The molecule has 0 saturated heterocycles. The lowest BCUT2D eigenvalue weighted by molar-refractivity contribution is -0.385. The van der Waals surface area contributed by atoms with Gasteiger partial charge in [-0.25, -0.2) is 0 Å². The van der Waals surface area contributed by atoms with E-state index in [2.05, 4.69) is 5.32 Å². The molecule has 0 aromatic heterocycles. The first-order valence-corrected chi connectivity index (χ1v) is 7.33. The number of rotatable bonds is 9. The van der Waals surface area contributed by atoms with Crippen LogP contribution in [0.3, 0.4) is 0 Å². The van der Waals surface area contributed by atoms with Gasteiger partial charge in [-0.1, -0.05) is 13.0 Å². The van der Waals surface area contributed by atoms with Crippen molar-refractivity contribution >= 4 is 11.7 Å². The van der Waals surface area contributed by atoms with Crippen LogP contribution in [0.15, 0.2) is 18.2 Å². The van der Waals surface area contributed by atoms with Crippen LogP contribution in [0.2, 0.25) is 0 Å². The van der Waals surface area contributed by atoms with E-state index in [-0.39, 0.29) is 17.4 Å². The molecule has 0 bridgehead atoms. The third-order valence-electron chi connectivity index (χ3n) is 2.98. The highest BCUT2D eigenvalue weighted by atomic mass is 16.6. The second kappa shape index (κ2) is 8.99. The molecule has 0 fully saturated rings. The maximum absolute atomic E-state index is 11.9. The maximum atomic E-state index is 11.9. The molecule has 1 N–H and O–H groups in total. The molecule has 0 saturated carbocycles. The molecule has 7 nitrogen and oxygen atoms in total. The average Bonchev–Trinajstić information content (AvgIpc) is 2.48. The lowest BCUT2D eigenvalue weighted by atomic mass is 10.0. The SMILES string of the molecule is CCN[C@@H](Cc1ccc(OCC)c([N+](=O)[O-])c1)C(=O)OCC. The molecular weight excluding hydrogens is 288 g/mol. The normalized spacial score (nSPS) is 11.8. The van der Waals surface area contributed by atoms with E-state index < -0.39 is 11.0 Å². The topological polar surface area (TPSA) is 90.7 Å². The number of hydrogen-bond donors (Lipinski definition) is 1. The molecule has 0 aliphatic carbocycles. The van der Waals surface area contributed by atoms with Crippen LogP contribution in [0.25, 0.3) is 0 Å². The van der Waals surface area contributed by atoms with Crippen molar-refractivity contribution < 1.29 is 19.2 Å². The minimum atomic E-state index is -0.525. The molecule has 22 heavy (non-hydrogen) atoms. The predicted molar refractivity (Wildman–Crippen MR) is 82.1 cm³/mol. The summed E-state index contributed by atoms with van der Waals surface area (Å²) in [7, 11) is 0. The Hall–Kier alpha value is -2.15. The highest BCUT2D eigenvalue weighted by Crippen LogP contribution is 2.28. The number of benzene rings is 1. The van der Waals surface area contributed by atoms with Gasteiger partial charge in [-0.2, -0.15) is 0 Å². The number of nitrogens with one attached hydrogen (secondary N) is 1. The van der Waals surface area contributed by atoms with Gasteiger partial charge < -0.3 is 14.8 Å². The van der Waals surface area contributed by atoms with Gasteiger partial charge in [0, 0.05) is 6.07 Å². The van der Waals surface area contributed by atoms with E-state index in [1.54, 1.807) is 26.0 Å². The molecule has 7 heteroatoms. The van der Waals surface area contributed by atoms with Gasteiger partial charge in [0.15, 0.2) is 5.75 Å². The van der Waals surface area contributed by atoms with Crippen molar-refractivity contribution in [2.45, 2.75) is 33.2 Å². The number of nitro groups is 1. The number of nitro benzene ring substituents is 1. The van der Waals surface area contributed by atoms with Crippen molar-refractivity contribution in [3.8, 4) is 5.75 Å². The van der Waals surface area contributed by atoms with Crippen LogP contribution in [0.5, 0.6) is 5.75 Å². The average molecular weight is 310 g/mol. The molecule has 0 amide bonds. The fourth-order valence-corrected chi connectivity index (χ4v) is 2.07. The summed E-state index contributed by atoms with van der Waals surface area (Å²) in [6.45, 7) is 6.63. The molecule has 1 rings (SSSR count). The van der Waals surface area contributed by atoms with Gasteiger partial charge in [-0.15, -0.1) is 0 Å². The second-order valence-corrected chi connectivity index (χ2v) is 4.56. The Morgan fingerprint density at radius 2 is 2.05 bits per heavy atom. The second-order valence-electron chi connectivity index (χ2n) is 4.56. The monoisotopic (exact) mass is 310 g/mol. The van der Waals surface area contributed by atoms with Crippen LogP contribution in [-0.2, 0) is 16.0 Å². The highest BCUT2D eigenvalue weighted by molar-refractivity contribution is 5.76. The maximum Gasteiger partial charge on any atom is 0.323 e. The molecule has 122 valence electrons. The molecule has 0 unspecified atom stereocenters. The minimum Gasteiger partial charge on any atom is -0.487 e. The van der Waals surface area contributed by atoms with Crippen molar-refractivity contribution in [1.82, 2.24) is 5.32 Å². The Bertz CT molecular complexity index is 519. The first-order valence-electron chi connectivity index (χ1n) is 7.33. The summed E-state index contributed by atoms with van der Waals surface area (Å²) in [5.74, 6) is -0.131. The first-order chi connectivity index (χ1) is 10.5. The third-order valence-corrected chi connectivity index (χ3v) is 2.98. The van der Waals surface area contributed by atoms with E-state index >= 15 is 0 Å². The van der Waals surface area contributed by atoms with E-state index in [0.717, 1.165) is 0 Å². The van der Waals surface area contributed by atoms with Gasteiger partial charge in [0.25, 0.3) is 0 Å². The smallest absolute Gasteiger partial charge is 0.323 e. The lowest BCUT2D eigenvalue weighted by Gasteiger charge is -2.16. The van der Waals surface area contributed by atoms with E-state index in [1.807, 2.05) is 6.92 Å². The van der Waals surface area contributed by atoms with E-state index in [0.29, 0.717) is 31.7 Å². The summed E-state index contributed by atoms with van der Waals surface area (Å²) in [4.78, 5) is 22.5. The number of nitrogens with zero attached hydrogens (tertiary/aromatic N) is 1. The lowest BCUT2D eigenvalue weighted by Crippen LogP contribution is -2.39. The zero-order valence-corrected chi connectivity index (χ0v) is 13.1. The van der Waals surface area contributed by atoms with Gasteiger partial charge >= 0.3 is 11.7 Å². The zero-order chi connectivity index (χ0) is 16.5. The number of ether oxygens (including phenoxy) is 2. The number of carbonyl (C=O) groups excluding carboxylic acids is 1. The molecule has 0 radical (unpaired) electrons. The summed E-state index contributed by atoms with van der Waals surface area (Å²) >= 11 is 0. The Kier molecular flexibility index (Phi) is 7.31. The first kappa shape index (κ1) is 17.9. The molecule has 1 aromatic carbocycles. The summed E-state index contributed by atoms with van der Waals surface area (Å²) in [5.41, 5.74) is 0.576. The van der Waals surface area contributed by atoms with Crippen LogP contribution in [0.1, 0.15) is 26.3 Å². The molecule has 0 aliphatic rings. The van der Waals surface area contributed by atoms with Gasteiger partial charge in [-0.05, 0) is 38.4 Å². The van der Waals surface area contributed by atoms with Crippen LogP contribution < -0.4 is 10.1 Å². The van der Waals surface area contributed by atoms with Crippen molar-refractivity contribution in [2.24, 2.45) is 0 Å². The summed E-state index contributed by atoms with van der Waals surface area (Å²) in [6.07, 6.45) is 0.319. The predicted octanol–water partition coefficient (Wildman–Crippen LogP) is 2.08. The number of esters is 1. The number of likely N-dealkylation sites (N-methyl/N-ethyl adjacent to an activating group) is 1. The van der Waals surface area contributed by atoms with Crippen LogP contribution in [-0.4, -0.2) is 36.7 Å². The van der Waals surface area contributed by atoms with E-state index in [1.165, 1.54) is 6.07 Å². The van der Waals surface area contributed by atoms with Gasteiger partial charge in [0.2, 0.25) is 0 Å². The minimum absolute atomic E-state index is 0.0987. The highest BCUT2D eigenvalue weighted by Gasteiger charge is 2.22. The van der Waals surface area contributed by atoms with Crippen LogP contribution in [0.4, 0.5) is 5.69 Å². The standard InChI is InChI=1S/C15H22N2O5/c1-4-16-12(15(18)22-6-3)9-11-7-8-14(21-5-2)13(10-11)17(19)20/h7-8,10,12,16H,4-6,9H2,1-3H3/t12-/m0/s1. The largest absolute Gasteiger partial charge is 0.487 e. The quantitative estimate of drug-likeness (QED) is 0.426. The summed E-state index contributed by atoms with van der Waals surface area (Å²) in [5, 5.41) is 14.1. The van der Waals surface area contributed by atoms with Crippen molar-refractivity contribution in [1.29, 1.82) is 0 Å². The Balaban J connectivity index is 2.97. The van der Waals surface area contributed by atoms with Crippen molar-refractivity contribution in [2.75, 3.05) is 19.8 Å². The zero-order valence-electron chi connectivity index (χ0n) is 13.1. The summed E-state index contributed by atoms with van der Waals surface area (Å²) in [6, 6.07) is 4.20. The van der Waals surface area contributed by atoms with Crippen LogP contribution in [0, 0.1) is 10.1 Å². The molecule has 0 aliphatic heterocycles. The number of carbonyl (C=O) groups is 1. The Labute approximate surface area is 129 Å². The van der Waals surface area contributed by atoms with Crippen LogP contribution >= 0.6 is 0 Å². The molecule has 0 spiro atoms.